The van der Waals surface area contributed by atoms with Crippen molar-refractivity contribution < 1.29 is 18.6 Å². The van der Waals surface area contributed by atoms with E-state index >= 15 is 0 Å². The third-order valence-electron chi connectivity index (χ3n) is 8.90. The van der Waals surface area contributed by atoms with Crippen LogP contribution in [0.1, 0.15) is 71.6 Å². The fourth-order valence-corrected chi connectivity index (χ4v) is 6.22. The second-order valence-electron chi connectivity index (χ2n) is 13.5. The fraction of sp³-hybridized carbons (Fsp3) is 0.543. The lowest BCUT2D eigenvalue weighted by atomic mass is 10.1. The van der Waals surface area contributed by atoms with Crippen LogP contribution in [-0.4, -0.2) is 53.8 Å². The zero-order chi connectivity index (χ0) is 31.2. The highest BCUT2D eigenvalue weighted by Gasteiger charge is 2.39. The van der Waals surface area contributed by atoms with Crippen molar-refractivity contribution in [3.8, 4) is 17.0 Å². The van der Waals surface area contributed by atoms with E-state index in [0.717, 1.165) is 73.2 Å². The first-order valence-corrected chi connectivity index (χ1v) is 19.1. The molecule has 0 saturated carbocycles. The first kappa shape index (κ1) is 32.4. The predicted octanol–water partition coefficient (Wildman–Crippen LogP) is 8.39. The summed E-state index contributed by atoms with van der Waals surface area (Å²) in [5, 5.41) is 11.0. The van der Waals surface area contributed by atoms with Gasteiger partial charge in [-0.05, 0) is 80.9 Å². The van der Waals surface area contributed by atoms with Crippen molar-refractivity contribution in [2.45, 2.75) is 103 Å². The second-order valence-corrected chi connectivity index (χ2v) is 18.2. The van der Waals surface area contributed by atoms with Gasteiger partial charge in [-0.3, -0.25) is 4.68 Å². The van der Waals surface area contributed by atoms with Crippen molar-refractivity contribution in [3.05, 3.63) is 66.5 Å². The topological polar surface area (TPSA) is 72.6 Å². The summed E-state index contributed by atoms with van der Waals surface area (Å²) in [6.07, 6.45) is 9.07. The summed E-state index contributed by atoms with van der Waals surface area (Å²) in [5.74, 6) is 0.901. The molecule has 1 fully saturated rings. The molecule has 0 bridgehead atoms. The number of ether oxygens (including phenoxy) is 3. The average Bonchev–Trinajstić information content (AvgIpc) is 3.63. The maximum Gasteiger partial charge on any atom is 0.250 e. The number of hydrogen-bond donors (Lipinski definition) is 0. The molecule has 0 spiro atoms. The molecule has 0 radical (unpaired) electrons. The van der Waals surface area contributed by atoms with Crippen molar-refractivity contribution in [2.75, 3.05) is 19.8 Å². The second kappa shape index (κ2) is 14.4. The average molecular weight is 619 g/mol. The van der Waals surface area contributed by atoms with Crippen molar-refractivity contribution in [2.24, 2.45) is 0 Å². The summed E-state index contributed by atoms with van der Waals surface area (Å²) in [6, 6.07) is 16.7. The highest BCUT2D eigenvalue weighted by Crippen LogP contribution is 2.39. The molecule has 2 atom stereocenters. The fourth-order valence-electron chi connectivity index (χ4n) is 5.20. The summed E-state index contributed by atoms with van der Waals surface area (Å²) in [7, 11) is -1.99. The van der Waals surface area contributed by atoms with E-state index < -0.39 is 8.32 Å². The van der Waals surface area contributed by atoms with Crippen LogP contribution < -0.4 is 4.43 Å². The lowest BCUT2D eigenvalue weighted by Gasteiger charge is -2.36. The van der Waals surface area contributed by atoms with Gasteiger partial charge in [0.2, 0.25) is 8.32 Å². The summed E-state index contributed by atoms with van der Waals surface area (Å²) < 4.78 is 28.7. The first-order valence-electron chi connectivity index (χ1n) is 16.2. The zero-order valence-corrected chi connectivity index (χ0v) is 28.4. The molecule has 238 valence electrons. The molecule has 8 nitrogen and oxygen atoms in total. The van der Waals surface area contributed by atoms with Crippen molar-refractivity contribution in [1.82, 2.24) is 19.6 Å². The van der Waals surface area contributed by atoms with Crippen LogP contribution in [0.5, 0.6) is 5.75 Å². The molecule has 1 saturated heterocycles. The Morgan fingerprint density at radius 1 is 1.07 bits per heavy atom. The molecule has 4 aromatic rings. The van der Waals surface area contributed by atoms with Gasteiger partial charge in [0.1, 0.15) is 11.4 Å². The molecule has 2 aromatic carbocycles. The standard InChI is InChI=1S/C35H50N4O4Si/c1-27(41-22-12-20-40-26-28-13-8-7-9-14-28)18-19-38-25-29(24-36-38)34-31-23-30(43-44(5,6)35(2,3)4)16-17-32(31)39(37-34)33-15-10-11-21-42-33/h7-9,13-14,16-17,23-25,27,33H,10-12,15,18-22,26H2,1-6H3/t27-,33?/m0/s1. The molecule has 2 aromatic heterocycles. The Kier molecular flexibility index (Phi) is 10.6. The first-order chi connectivity index (χ1) is 21.1. The molecule has 1 aliphatic heterocycles. The summed E-state index contributed by atoms with van der Waals surface area (Å²) in [4.78, 5) is 0. The van der Waals surface area contributed by atoms with Gasteiger partial charge in [-0.25, -0.2) is 4.68 Å². The molecule has 1 unspecified atom stereocenters. The smallest absolute Gasteiger partial charge is 0.250 e. The Morgan fingerprint density at radius 3 is 2.64 bits per heavy atom. The van der Waals surface area contributed by atoms with Crippen LogP contribution >= 0.6 is 0 Å². The van der Waals surface area contributed by atoms with Crippen LogP contribution in [-0.2, 0) is 27.4 Å². The minimum Gasteiger partial charge on any atom is -0.543 e. The van der Waals surface area contributed by atoms with E-state index in [-0.39, 0.29) is 17.4 Å². The van der Waals surface area contributed by atoms with Crippen LogP contribution in [0.15, 0.2) is 60.9 Å². The Hall–Kier alpha value is -2.98. The third kappa shape index (κ3) is 8.18. The van der Waals surface area contributed by atoms with E-state index in [4.69, 9.17) is 28.8 Å². The Bertz CT molecular complexity index is 1470. The Morgan fingerprint density at radius 2 is 1.89 bits per heavy atom. The summed E-state index contributed by atoms with van der Waals surface area (Å²) >= 11 is 0. The van der Waals surface area contributed by atoms with Gasteiger partial charge in [-0.2, -0.15) is 10.2 Å². The maximum absolute atomic E-state index is 6.69. The van der Waals surface area contributed by atoms with E-state index in [1.54, 1.807) is 0 Å². The number of rotatable bonds is 14. The number of benzene rings is 2. The number of fused-ring (bicyclic) bond motifs is 1. The lowest BCUT2D eigenvalue weighted by Crippen LogP contribution is -2.43. The number of aryl methyl sites for hydroxylation is 1. The quantitative estimate of drug-likeness (QED) is 0.104. The van der Waals surface area contributed by atoms with Crippen LogP contribution in [0.2, 0.25) is 18.1 Å². The molecule has 9 heteroatoms. The molecule has 0 amide bonds. The maximum atomic E-state index is 6.69. The highest BCUT2D eigenvalue weighted by molar-refractivity contribution is 6.74. The molecule has 0 N–H and O–H groups in total. The largest absolute Gasteiger partial charge is 0.543 e. The molecular weight excluding hydrogens is 568 g/mol. The Balaban J connectivity index is 1.22. The van der Waals surface area contributed by atoms with Gasteiger partial charge < -0.3 is 18.6 Å². The van der Waals surface area contributed by atoms with Crippen LogP contribution in [0, 0.1) is 0 Å². The third-order valence-corrected chi connectivity index (χ3v) is 13.3. The molecule has 0 aliphatic carbocycles. The molecule has 5 rings (SSSR count). The molecular formula is C35H50N4O4Si. The van der Waals surface area contributed by atoms with Gasteiger partial charge in [0.05, 0.1) is 24.4 Å². The summed E-state index contributed by atoms with van der Waals surface area (Å²) in [6.45, 7) is 17.1. The minimum atomic E-state index is -1.99. The van der Waals surface area contributed by atoms with Crippen LogP contribution in [0.25, 0.3) is 22.2 Å². The van der Waals surface area contributed by atoms with Crippen LogP contribution in [0.4, 0.5) is 0 Å². The number of nitrogens with zero attached hydrogens (tertiary/aromatic N) is 4. The van der Waals surface area contributed by atoms with E-state index in [0.29, 0.717) is 19.8 Å². The van der Waals surface area contributed by atoms with Crippen molar-refractivity contribution in [1.29, 1.82) is 0 Å². The van der Waals surface area contributed by atoms with Gasteiger partial charge in [0.15, 0.2) is 6.23 Å². The molecule has 1 aliphatic rings. The van der Waals surface area contributed by atoms with Gasteiger partial charge in [-0.1, -0.05) is 51.1 Å². The van der Waals surface area contributed by atoms with Gasteiger partial charge in [-0.15, -0.1) is 0 Å². The van der Waals surface area contributed by atoms with E-state index in [1.807, 2.05) is 29.1 Å². The van der Waals surface area contributed by atoms with E-state index in [2.05, 4.69) is 82.0 Å². The van der Waals surface area contributed by atoms with Crippen molar-refractivity contribution in [3.63, 3.8) is 0 Å². The number of hydrogen-bond acceptors (Lipinski definition) is 6. The number of aromatic nitrogens is 4. The van der Waals surface area contributed by atoms with Crippen LogP contribution in [0.3, 0.4) is 0 Å². The Labute approximate surface area is 263 Å². The van der Waals surface area contributed by atoms with Gasteiger partial charge >= 0.3 is 0 Å². The molecule has 3 heterocycles. The summed E-state index contributed by atoms with van der Waals surface area (Å²) in [5.41, 5.74) is 4.18. The monoisotopic (exact) mass is 618 g/mol. The normalized spacial score (nSPS) is 16.8. The van der Waals surface area contributed by atoms with Gasteiger partial charge in [0.25, 0.3) is 0 Å². The van der Waals surface area contributed by atoms with E-state index in [1.165, 1.54) is 5.56 Å². The lowest BCUT2D eigenvalue weighted by molar-refractivity contribution is -0.0365. The predicted molar refractivity (Wildman–Crippen MR) is 178 cm³/mol. The van der Waals surface area contributed by atoms with Crippen molar-refractivity contribution >= 4 is 19.2 Å². The molecule has 44 heavy (non-hydrogen) atoms. The minimum absolute atomic E-state index is 0.0519. The van der Waals surface area contributed by atoms with Gasteiger partial charge in [0, 0.05) is 43.5 Å². The highest BCUT2D eigenvalue weighted by atomic mass is 28.4. The zero-order valence-electron chi connectivity index (χ0n) is 27.4. The van der Waals surface area contributed by atoms with E-state index in [9.17, 15) is 0 Å². The SMILES string of the molecule is C[C@@H](CCn1cc(-c2nn(C3CCCCO3)c3ccc(O[Si](C)(C)C(C)(C)C)cc23)cn1)OCCCOCc1ccccc1.